The zero-order valence-electron chi connectivity index (χ0n) is 29.5. The maximum absolute atomic E-state index is 14.0. The van der Waals surface area contributed by atoms with Gasteiger partial charge in [-0.3, -0.25) is 14.4 Å². The van der Waals surface area contributed by atoms with E-state index in [1.165, 1.54) is 0 Å². The van der Waals surface area contributed by atoms with Crippen LogP contribution in [0.25, 0.3) is 10.8 Å². The standard InChI is InChI=1S/C35H54N4O7/c1-11-38(12-2)32(41)28-23-26-24(4)31(45-10)29(44-9)22-25(26)21-27(28)33(42)39(13-3)20-15-14-19-37(8)30(40)17-16-18-36-34(43)46-35(5,6)7/h21-23H,11-20H2,1-10H3,(H,36,43). The van der Waals surface area contributed by atoms with Crippen molar-refractivity contribution >= 4 is 34.6 Å². The first-order valence-corrected chi connectivity index (χ1v) is 16.2. The predicted molar refractivity (Wildman–Crippen MR) is 181 cm³/mol. The SMILES string of the molecule is CCN(CC)C(=O)c1cc2c(C)c(OC)c(OC)cc2cc1C(=O)N(CC)CCCCN(C)C(=O)CCCNC(=O)OC(C)(C)C. The van der Waals surface area contributed by atoms with E-state index in [-0.39, 0.29) is 17.7 Å². The number of nitrogens with zero attached hydrogens (tertiary/aromatic N) is 3. The molecule has 0 unspecified atom stereocenters. The number of alkyl carbamates (subject to hydrolysis) is 1. The third-order valence-corrected chi connectivity index (χ3v) is 7.88. The number of fused-ring (bicyclic) bond motifs is 1. The minimum atomic E-state index is -0.569. The van der Waals surface area contributed by atoms with Gasteiger partial charge in [0.25, 0.3) is 11.8 Å². The summed E-state index contributed by atoms with van der Waals surface area (Å²) in [6, 6.07) is 5.43. The van der Waals surface area contributed by atoms with E-state index in [9.17, 15) is 19.2 Å². The van der Waals surface area contributed by atoms with Crippen LogP contribution in [0.4, 0.5) is 4.79 Å². The Bertz CT molecular complexity index is 1370. The molecule has 11 nitrogen and oxygen atoms in total. The average Bonchev–Trinajstić information content (AvgIpc) is 3.01. The Hall–Kier alpha value is -4.02. The Morgan fingerprint density at radius 1 is 0.804 bits per heavy atom. The van der Waals surface area contributed by atoms with Crippen LogP contribution in [0.2, 0.25) is 0 Å². The quantitative estimate of drug-likeness (QED) is 0.235. The van der Waals surface area contributed by atoms with Gasteiger partial charge in [0.2, 0.25) is 5.91 Å². The van der Waals surface area contributed by atoms with Crippen molar-refractivity contribution in [1.29, 1.82) is 0 Å². The van der Waals surface area contributed by atoms with Gasteiger partial charge in [0.05, 0.1) is 25.3 Å². The number of aryl methyl sites for hydroxylation is 1. The third-order valence-electron chi connectivity index (χ3n) is 7.88. The van der Waals surface area contributed by atoms with Gasteiger partial charge in [-0.05, 0) is 96.7 Å². The summed E-state index contributed by atoms with van der Waals surface area (Å²) >= 11 is 0. The second-order valence-electron chi connectivity index (χ2n) is 12.3. The number of unbranched alkanes of at least 4 members (excludes halogenated alkanes) is 1. The number of rotatable bonds is 16. The highest BCUT2D eigenvalue weighted by atomic mass is 16.6. The summed E-state index contributed by atoms with van der Waals surface area (Å²) < 4.78 is 16.4. The molecule has 0 radical (unpaired) electrons. The molecule has 256 valence electrons. The highest BCUT2D eigenvalue weighted by Crippen LogP contribution is 2.38. The van der Waals surface area contributed by atoms with Gasteiger partial charge in [-0.15, -0.1) is 0 Å². The van der Waals surface area contributed by atoms with Crippen molar-refractivity contribution < 1.29 is 33.4 Å². The van der Waals surface area contributed by atoms with Crippen molar-refractivity contribution in [3.8, 4) is 11.5 Å². The minimum Gasteiger partial charge on any atom is -0.493 e. The van der Waals surface area contributed by atoms with Crippen molar-refractivity contribution in [1.82, 2.24) is 20.0 Å². The monoisotopic (exact) mass is 642 g/mol. The molecule has 0 spiro atoms. The molecule has 11 heteroatoms. The summed E-state index contributed by atoms with van der Waals surface area (Å²) in [6.07, 6.45) is 1.73. The Labute approximate surface area is 274 Å². The van der Waals surface area contributed by atoms with Crippen molar-refractivity contribution in [3.63, 3.8) is 0 Å². The second-order valence-corrected chi connectivity index (χ2v) is 12.3. The predicted octanol–water partition coefficient (Wildman–Crippen LogP) is 5.65. The van der Waals surface area contributed by atoms with E-state index in [4.69, 9.17) is 14.2 Å². The zero-order valence-corrected chi connectivity index (χ0v) is 29.5. The molecule has 2 aromatic carbocycles. The molecule has 0 aliphatic carbocycles. The molecule has 0 heterocycles. The lowest BCUT2D eigenvalue weighted by atomic mass is 9.95. The van der Waals surface area contributed by atoms with Gasteiger partial charge in [0.1, 0.15) is 5.60 Å². The minimum absolute atomic E-state index is 0.00696. The van der Waals surface area contributed by atoms with Gasteiger partial charge in [-0.2, -0.15) is 0 Å². The molecule has 46 heavy (non-hydrogen) atoms. The lowest BCUT2D eigenvalue weighted by molar-refractivity contribution is -0.130. The fourth-order valence-electron chi connectivity index (χ4n) is 5.30. The molecule has 0 bridgehead atoms. The van der Waals surface area contributed by atoms with Crippen LogP contribution in [0.3, 0.4) is 0 Å². The van der Waals surface area contributed by atoms with Crippen LogP contribution in [0, 0.1) is 6.92 Å². The van der Waals surface area contributed by atoms with Crippen molar-refractivity contribution in [2.75, 3.05) is 60.5 Å². The van der Waals surface area contributed by atoms with E-state index in [1.807, 2.05) is 33.8 Å². The number of benzene rings is 2. The van der Waals surface area contributed by atoms with E-state index in [1.54, 1.807) is 68.9 Å². The van der Waals surface area contributed by atoms with Gasteiger partial charge >= 0.3 is 6.09 Å². The number of methoxy groups -OCH3 is 2. The summed E-state index contributed by atoms with van der Waals surface area (Å²) in [6.45, 7) is 16.0. The molecule has 0 saturated heterocycles. The first-order chi connectivity index (χ1) is 21.7. The molecule has 0 fully saturated rings. The first kappa shape index (κ1) is 38.2. The van der Waals surface area contributed by atoms with Crippen LogP contribution >= 0.6 is 0 Å². The highest BCUT2D eigenvalue weighted by molar-refractivity contribution is 6.11. The smallest absolute Gasteiger partial charge is 0.407 e. The van der Waals surface area contributed by atoms with E-state index in [0.29, 0.717) is 87.6 Å². The summed E-state index contributed by atoms with van der Waals surface area (Å²) in [5, 5.41) is 4.28. The van der Waals surface area contributed by atoms with Crippen LogP contribution in [0.1, 0.15) is 93.5 Å². The van der Waals surface area contributed by atoms with Crippen molar-refractivity contribution in [2.45, 2.75) is 79.8 Å². The summed E-state index contributed by atoms with van der Waals surface area (Å²) in [5.41, 5.74) is 0.974. The molecule has 4 amide bonds. The number of hydrogen-bond donors (Lipinski definition) is 1. The second kappa shape index (κ2) is 17.6. The van der Waals surface area contributed by atoms with E-state index < -0.39 is 11.7 Å². The van der Waals surface area contributed by atoms with Crippen LogP contribution in [-0.4, -0.2) is 105 Å². The number of ether oxygens (including phenoxy) is 3. The molecular formula is C35H54N4O7. The van der Waals surface area contributed by atoms with Gasteiger partial charge in [-0.1, -0.05) is 0 Å². The van der Waals surface area contributed by atoms with Gasteiger partial charge in [0.15, 0.2) is 11.5 Å². The summed E-state index contributed by atoms with van der Waals surface area (Å²) in [7, 11) is 4.91. The molecule has 1 N–H and O–H groups in total. The lowest BCUT2D eigenvalue weighted by Gasteiger charge is -2.25. The molecule has 0 saturated carbocycles. The topological polar surface area (TPSA) is 118 Å². The van der Waals surface area contributed by atoms with Crippen LogP contribution in [0.5, 0.6) is 11.5 Å². The average molecular weight is 643 g/mol. The maximum Gasteiger partial charge on any atom is 0.407 e. The van der Waals surface area contributed by atoms with E-state index in [0.717, 1.165) is 16.3 Å². The summed E-state index contributed by atoms with van der Waals surface area (Å²) in [5.74, 6) is 0.731. The lowest BCUT2D eigenvalue weighted by Crippen LogP contribution is -2.36. The highest BCUT2D eigenvalue weighted by Gasteiger charge is 2.26. The Morgan fingerprint density at radius 3 is 1.96 bits per heavy atom. The van der Waals surface area contributed by atoms with Gasteiger partial charge in [-0.25, -0.2) is 4.79 Å². The molecule has 0 aliphatic rings. The Balaban J connectivity index is 2.13. The number of amides is 4. The molecule has 2 rings (SSSR count). The van der Waals surface area contributed by atoms with Gasteiger partial charge in [0, 0.05) is 58.3 Å². The molecular weight excluding hydrogens is 588 g/mol. The Kier molecular flexibility index (Phi) is 14.6. The van der Waals surface area contributed by atoms with Crippen LogP contribution < -0.4 is 14.8 Å². The molecule has 0 atom stereocenters. The van der Waals surface area contributed by atoms with Crippen LogP contribution in [-0.2, 0) is 9.53 Å². The molecule has 0 aliphatic heterocycles. The Morgan fingerprint density at radius 2 is 1.39 bits per heavy atom. The van der Waals surface area contributed by atoms with Crippen molar-refractivity contribution in [2.24, 2.45) is 0 Å². The van der Waals surface area contributed by atoms with Crippen LogP contribution in [0.15, 0.2) is 18.2 Å². The maximum atomic E-state index is 14.0. The number of hydrogen-bond acceptors (Lipinski definition) is 7. The number of carbonyl (C=O) groups is 4. The number of carbonyl (C=O) groups excluding carboxylic acids is 4. The first-order valence-electron chi connectivity index (χ1n) is 16.2. The van der Waals surface area contributed by atoms with Gasteiger partial charge < -0.3 is 34.2 Å². The fourth-order valence-corrected chi connectivity index (χ4v) is 5.30. The molecule has 2 aromatic rings. The van der Waals surface area contributed by atoms with Crippen molar-refractivity contribution in [3.05, 3.63) is 34.9 Å². The summed E-state index contributed by atoms with van der Waals surface area (Å²) in [4.78, 5) is 57.2. The normalized spacial score (nSPS) is 11.2. The fraction of sp³-hybridized carbons (Fsp3) is 0.600. The zero-order chi connectivity index (χ0) is 34.6. The largest absolute Gasteiger partial charge is 0.493 e. The third kappa shape index (κ3) is 10.3. The number of nitrogens with one attached hydrogen (secondary N) is 1. The molecule has 0 aromatic heterocycles. The van der Waals surface area contributed by atoms with E-state index in [2.05, 4.69) is 5.32 Å². The van der Waals surface area contributed by atoms with E-state index >= 15 is 0 Å².